The van der Waals surface area contributed by atoms with E-state index in [0.717, 1.165) is 10.9 Å². The number of carbonyl (C=O) groups excluding carboxylic acids is 1. The molecule has 5 nitrogen and oxygen atoms in total. The second kappa shape index (κ2) is 6.63. The summed E-state index contributed by atoms with van der Waals surface area (Å²) < 4.78 is 19.0. The van der Waals surface area contributed by atoms with Gasteiger partial charge in [0.15, 0.2) is 0 Å². The maximum Gasteiger partial charge on any atom is 0.252 e. The number of aromatic amines is 1. The van der Waals surface area contributed by atoms with Crippen LogP contribution in [0.25, 0.3) is 10.9 Å². The average molecular weight is 352 g/mol. The van der Waals surface area contributed by atoms with Gasteiger partial charge in [-0.25, -0.2) is 4.39 Å². The van der Waals surface area contributed by atoms with E-state index in [1.165, 1.54) is 12.1 Å². The number of benzene rings is 2. The van der Waals surface area contributed by atoms with Gasteiger partial charge >= 0.3 is 0 Å². The van der Waals surface area contributed by atoms with Crippen LogP contribution in [0.4, 0.5) is 4.39 Å². The highest BCUT2D eigenvalue weighted by molar-refractivity contribution is 5.82. The molecule has 6 heteroatoms. The van der Waals surface area contributed by atoms with Crippen molar-refractivity contribution in [3.05, 3.63) is 75.8 Å². The molecule has 4 rings (SSSR count). The molecule has 0 spiro atoms. The fraction of sp³-hybridized carbons (Fsp3) is 0.200. The fourth-order valence-corrected chi connectivity index (χ4v) is 3.26. The van der Waals surface area contributed by atoms with E-state index in [1.807, 2.05) is 24.3 Å². The lowest BCUT2D eigenvalue weighted by Crippen LogP contribution is -2.34. The molecule has 1 amide bonds. The van der Waals surface area contributed by atoms with Gasteiger partial charge in [-0.05, 0) is 35.7 Å². The van der Waals surface area contributed by atoms with Crippen LogP contribution in [0, 0.1) is 5.82 Å². The van der Waals surface area contributed by atoms with Gasteiger partial charge in [0.1, 0.15) is 11.6 Å². The van der Waals surface area contributed by atoms with Crippen molar-refractivity contribution in [2.45, 2.75) is 18.9 Å². The summed E-state index contributed by atoms with van der Waals surface area (Å²) in [5, 5.41) is 3.76. The van der Waals surface area contributed by atoms with Crippen LogP contribution in [0.5, 0.6) is 5.75 Å². The van der Waals surface area contributed by atoms with Gasteiger partial charge in [-0.3, -0.25) is 9.59 Å². The number of ether oxygens (including phenoxy) is 1. The molecule has 0 aliphatic carbocycles. The molecular formula is C20H17FN2O3. The Balaban J connectivity index is 1.54. The first-order valence-electron chi connectivity index (χ1n) is 8.43. The van der Waals surface area contributed by atoms with E-state index in [1.54, 1.807) is 12.1 Å². The largest absolute Gasteiger partial charge is 0.493 e. The topological polar surface area (TPSA) is 71.2 Å². The summed E-state index contributed by atoms with van der Waals surface area (Å²) in [6, 6.07) is 13.1. The van der Waals surface area contributed by atoms with Crippen LogP contribution in [-0.4, -0.2) is 17.5 Å². The number of nitrogens with one attached hydrogen (secondary N) is 2. The highest BCUT2D eigenvalue weighted by Gasteiger charge is 2.24. The minimum Gasteiger partial charge on any atom is -0.493 e. The van der Waals surface area contributed by atoms with Crippen molar-refractivity contribution in [3.63, 3.8) is 0 Å². The number of fused-ring (bicyclic) bond motifs is 2. The van der Waals surface area contributed by atoms with Gasteiger partial charge in [-0.15, -0.1) is 0 Å². The van der Waals surface area contributed by atoms with Crippen molar-refractivity contribution in [1.29, 1.82) is 0 Å². The number of aromatic nitrogens is 1. The highest BCUT2D eigenvalue weighted by Crippen LogP contribution is 2.32. The quantitative estimate of drug-likeness (QED) is 0.761. The number of H-pyrrole nitrogens is 1. The maximum absolute atomic E-state index is 13.5. The Morgan fingerprint density at radius 1 is 1.23 bits per heavy atom. The van der Waals surface area contributed by atoms with E-state index in [0.29, 0.717) is 29.9 Å². The Bertz CT molecular complexity index is 1040. The fourth-order valence-electron chi connectivity index (χ4n) is 3.26. The van der Waals surface area contributed by atoms with Crippen LogP contribution in [-0.2, 0) is 11.2 Å². The van der Waals surface area contributed by atoms with Crippen molar-refractivity contribution >= 4 is 16.8 Å². The predicted molar refractivity (Wildman–Crippen MR) is 95.7 cm³/mol. The van der Waals surface area contributed by atoms with E-state index >= 15 is 0 Å². The lowest BCUT2D eigenvalue weighted by molar-refractivity contribution is -0.121. The average Bonchev–Trinajstić information content (AvgIpc) is 2.63. The Morgan fingerprint density at radius 2 is 2.08 bits per heavy atom. The number of rotatable bonds is 3. The van der Waals surface area contributed by atoms with Gasteiger partial charge in [-0.2, -0.15) is 0 Å². The van der Waals surface area contributed by atoms with Gasteiger partial charge in [0, 0.05) is 23.1 Å². The van der Waals surface area contributed by atoms with Crippen LogP contribution in [0.15, 0.2) is 53.3 Å². The number of hydrogen-bond acceptors (Lipinski definition) is 3. The van der Waals surface area contributed by atoms with E-state index < -0.39 is 0 Å². The van der Waals surface area contributed by atoms with Crippen LogP contribution in [0.3, 0.4) is 0 Å². The number of amides is 1. The zero-order chi connectivity index (χ0) is 18.1. The van der Waals surface area contributed by atoms with Crippen molar-refractivity contribution in [3.8, 4) is 5.75 Å². The third-order valence-corrected chi connectivity index (χ3v) is 4.53. The summed E-state index contributed by atoms with van der Waals surface area (Å²) in [5.41, 5.74) is 1.47. The first kappa shape index (κ1) is 16.3. The highest BCUT2D eigenvalue weighted by atomic mass is 19.1. The molecule has 1 atom stereocenters. The standard InChI is InChI=1S/C20H17FN2O3/c21-14-5-6-18-15(11-14)17(7-8-26-18)22-19(24)10-13-9-12-3-1-2-4-16(12)23-20(13)25/h1-6,9,11,17H,7-8,10H2,(H,22,24)(H,23,25). The van der Waals surface area contributed by atoms with Gasteiger partial charge < -0.3 is 15.0 Å². The molecule has 0 saturated carbocycles. The van der Waals surface area contributed by atoms with Crippen LogP contribution >= 0.6 is 0 Å². The Kier molecular flexibility index (Phi) is 4.16. The second-order valence-corrected chi connectivity index (χ2v) is 6.33. The van der Waals surface area contributed by atoms with E-state index in [9.17, 15) is 14.0 Å². The minimum absolute atomic E-state index is 0.0395. The number of hydrogen-bond donors (Lipinski definition) is 2. The molecule has 0 saturated heterocycles. The first-order chi connectivity index (χ1) is 12.6. The molecule has 2 heterocycles. The van der Waals surface area contributed by atoms with Crippen molar-refractivity contribution < 1.29 is 13.9 Å². The normalized spacial score (nSPS) is 16.0. The van der Waals surface area contributed by atoms with E-state index in [-0.39, 0.29) is 29.7 Å². The van der Waals surface area contributed by atoms with Gasteiger partial charge in [0.05, 0.1) is 19.1 Å². The van der Waals surface area contributed by atoms with Crippen LogP contribution in [0.1, 0.15) is 23.6 Å². The van der Waals surface area contributed by atoms with Gasteiger partial charge in [0.2, 0.25) is 5.91 Å². The van der Waals surface area contributed by atoms with Crippen molar-refractivity contribution in [2.24, 2.45) is 0 Å². The number of halogens is 1. The summed E-state index contributed by atoms with van der Waals surface area (Å²) in [6.07, 6.45) is 0.512. The molecule has 132 valence electrons. The second-order valence-electron chi connectivity index (χ2n) is 6.33. The maximum atomic E-state index is 13.5. The van der Waals surface area contributed by atoms with Crippen LogP contribution in [0.2, 0.25) is 0 Å². The predicted octanol–water partition coefficient (Wildman–Crippen LogP) is 2.85. The molecule has 0 bridgehead atoms. The third-order valence-electron chi connectivity index (χ3n) is 4.53. The van der Waals surface area contributed by atoms with Gasteiger partial charge in [-0.1, -0.05) is 18.2 Å². The van der Waals surface area contributed by atoms with Crippen LogP contribution < -0.4 is 15.6 Å². The van der Waals surface area contributed by atoms with Gasteiger partial charge in [0.25, 0.3) is 5.56 Å². The van der Waals surface area contributed by atoms with E-state index in [2.05, 4.69) is 10.3 Å². The number of para-hydroxylation sites is 1. The molecule has 1 aliphatic rings. The smallest absolute Gasteiger partial charge is 0.252 e. The SMILES string of the molecule is O=C(Cc1cc2ccccc2[nH]c1=O)NC1CCOc2ccc(F)cc21. The lowest BCUT2D eigenvalue weighted by Gasteiger charge is -2.26. The molecule has 3 aromatic rings. The van der Waals surface area contributed by atoms with E-state index in [4.69, 9.17) is 4.74 Å². The lowest BCUT2D eigenvalue weighted by atomic mass is 10.00. The summed E-state index contributed by atoms with van der Waals surface area (Å²) >= 11 is 0. The minimum atomic E-state index is -0.375. The summed E-state index contributed by atoms with van der Waals surface area (Å²) in [5.74, 6) is -0.0844. The first-order valence-corrected chi connectivity index (χ1v) is 8.43. The number of pyridine rings is 1. The Labute approximate surface area is 148 Å². The number of carbonyl (C=O) groups is 1. The molecule has 1 unspecified atom stereocenters. The Morgan fingerprint density at radius 3 is 2.96 bits per heavy atom. The molecule has 0 fully saturated rings. The van der Waals surface area contributed by atoms with Crippen molar-refractivity contribution in [2.75, 3.05) is 6.61 Å². The molecule has 2 N–H and O–H groups in total. The third kappa shape index (κ3) is 3.18. The molecule has 1 aromatic heterocycles. The molecule has 1 aliphatic heterocycles. The Hall–Kier alpha value is -3.15. The zero-order valence-electron chi connectivity index (χ0n) is 13.9. The molecular weight excluding hydrogens is 335 g/mol. The van der Waals surface area contributed by atoms with Crippen molar-refractivity contribution in [1.82, 2.24) is 10.3 Å². The molecule has 26 heavy (non-hydrogen) atoms. The molecule has 0 radical (unpaired) electrons. The zero-order valence-corrected chi connectivity index (χ0v) is 13.9. The summed E-state index contributed by atoms with van der Waals surface area (Å²) in [4.78, 5) is 27.4. The molecule has 2 aromatic carbocycles. The summed E-state index contributed by atoms with van der Waals surface area (Å²) in [7, 11) is 0. The monoisotopic (exact) mass is 352 g/mol. The summed E-state index contributed by atoms with van der Waals surface area (Å²) in [6.45, 7) is 0.445.